The summed E-state index contributed by atoms with van der Waals surface area (Å²) < 4.78 is 32.0. The van der Waals surface area contributed by atoms with E-state index in [2.05, 4.69) is 0 Å². The van der Waals surface area contributed by atoms with Gasteiger partial charge in [0.1, 0.15) is 24.4 Å². The lowest BCUT2D eigenvalue weighted by atomic mass is 10.2. The highest BCUT2D eigenvalue weighted by Crippen LogP contribution is 2.07. The van der Waals surface area contributed by atoms with Gasteiger partial charge in [0.15, 0.2) is 0 Å². The van der Waals surface area contributed by atoms with E-state index in [9.17, 15) is 9.59 Å². The van der Waals surface area contributed by atoms with Gasteiger partial charge in [0.05, 0.1) is 0 Å². The molecule has 0 atom stereocenters. The quantitative estimate of drug-likeness (QED) is 0.232. The van der Waals surface area contributed by atoms with Gasteiger partial charge in [-0.15, -0.1) is 0 Å². The molecule has 31 heavy (non-hydrogen) atoms. The van der Waals surface area contributed by atoms with Crippen LogP contribution in [0.4, 0.5) is 0 Å². The van der Waals surface area contributed by atoms with Crippen molar-refractivity contribution < 1.29 is 38.0 Å². The number of carbonyl (C=O) groups excluding carboxylic acids is 2. The summed E-state index contributed by atoms with van der Waals surface area (Å²) in [6.07, 6.45) is 4.52. The van der Waals surface area contributed by atoms with Gasteiger partial charge in [0.2, 0.25) is 0 Å². The molecule has 0 saturated heterocycles. The Labute approximate surface area is 188 Å². The molecule has 0 aliphatic carbocycles. The van der Waals surface area contributed by atoms with Crippen LogP contribution in [0.25, 0.3) is 0 Å². The van der Waals surface area contributed by atoms with Crippen LogP contribution in [0.1, 0.15) is 73.6 Å². The minimum atomic E-state index is -0.480. The molecule has 0 aromatic carbocycles. The molecule has 0 heterocycles. The molecular weight excluding hydrogens is 404 g/mol. The standard InChI is InChI=1S/C23H44O8/c1-22(2,3)30-20(24)18-28-16-10-14-26-12-8-7-9-13-27-15-11-17-29-19-21(25)31-23(4,5)6/h7-19H2,1-6H3. The lowest BCUT2D eigenvalue weighted by Crippen LogP contribution is -2.26. The highest BCUT2D eigenvalue weighted by Gasteiger charge is 2.16. The number of rotatable bonds is 18. The molecule has 0 amide bonds. The fourth-order valence-corrected chi connectivity index (χ4v) is 2.37. The van der Waals surface area contributed by atoms with Crippen LogP contribution in [-0.4, -0.2) is 76.0 Å². The maximum atomic E-state index is 11.5. The van der Waals surface area contributed by atoms with Crippen LogP contribution >= 0.6 is 0 Å². The molecule has 0 aliphatic rings. The van der Waals surface area contributed by atoms with Crippen LogP contribution in [0.3, 0.4) is 0 Å². The fourth-order valence-electron chi connectivity index (χ4n) is 2.37. The summed E-state index contributed by atoms with van der Waals surface area (Å²) in [6.45, 7) is 14.6. The molecule has 0 N–H and O–H groups in total. The van der Waals surface area contributed by atoms with E-state index >= 15 is 0 Å². The normalized spacial score (nSPS) is 12.1. The van der Waals surface area contributed by atoms with Gasteiger partial charge in [0.25, 0.3) is 0 Å². The van der Waals surface area contributed by atoms with E-state index in [1.165, 1.54) is 0 Å². The number of unbranched alkanes of at least 4 members (excludes halogenated alkanes) is 2. The predicted molar refractivity (Wildman–Crippen MR) is 118 cm³/mol. The van der Waals surface area contributed by atoms with Gasteiger partial charge in [-0.2, -0.15) is 0 Å². The number of hydrogen-bond donors (Lipinski definition) is 0. The average molecular weight is 449 g/mol. The van der Waals surface area contributed by atoms with E-state index < -0.39 is 11.2 Å². The molecule has 0 saturated carbocycles. The molecule has 8 heteroatoms. The zero-order valence-electron chi connectivity index (χ0n) is 20.5. The van der Waals surface area contributed by atoms with E-state index in [1.54, 1.807) is 0 Å². The molecule has 0 radical (unpaired) electrons. The van der Waals surface area contributed by atoms with Crippen molar-refractivity contribution >= 4 is 11.9 Å². The number of hydrogen-bond acceptors (Lipinski definition) is 8. The molecule has 0 bridgehead atoms. The maximum absolute atomic E-state index is 11.5. The van der Waals surface area contributed by atoms with Crippen LogP contribution in [-0.2, 0) is 38.0 Å². The van der Waals surface area contributed by atoms with Gasteiger partial charge < -0.3 is 28.4 Å². The summed E-state index contributed by atoms with van der Waals surface area (Å²) in [6, 6.07) is 0. The van der Waals surface area contributed by atoms with Crippen molar-refractivity contribution in [2.24, 2.45) is 0 Å². The monoisotopic (exact) mass is 448 g/mol. The van der Waals surface area contributed by atoms with Gasteiger partial charge >= 0.3 is 11.9 Å². The van der Waals surface area contributed by atoms with Crippen LogP contribution < -0.4 is 0 Å². The summed E-state index contributed by atoms with van der Waals surface area (Å²) in [5.41, 5.74) is -0.960. The first-order chi connectivity index (χ1) is 14.5. The molecule has 0 spiro atoms. The lowest BCUT2D eigenvalue weighted by molar-refractivity contribution is -0.161. The first-order valence-corrected chi connectivity index (χ1v) is 11.2. The summed E-state index contributed by atoms with van der Waals surface area (Å²) in [5, 5.41) is 0. The molecule has 0 unspecified atom stereocenters. The molecule has 0 aromatic rings. The van der Waals surface area contributed by atoms with Gasteiger partial charge in [0, 0.05) is 39.6 Å². The molecule has 0 rings (SSSR count). The molecule has 0 aliphatic heterocycles. The second kappa shape index (κ2) is 17.3. The highest BCUT2D eigenvalue weighted by molar-refractivity contribution is 5.71. The number of ether oxygens (including phenoxy) is 6. The van der Waals surface area contributed by atoms with Gasteiger partial charge in [-0.1, -0.05) is 0 Å². The Hall–Kier alpha value is -1.22. The first-order valence-electron chi connectivity index (χ1n) is 11.2. The summed E-state index contributed by atoms with van der Waals surface area (Å²) in [5.74, 6) is -0.687. The van der Waals surface area contributed by atoms with Crippen LogP contribution in [0.15, 0.2) is 0 Å². The Kier molecular flexibility index (Phi) is 16.7. The van der Waals surface area contributed by atoms with E-state index in [-0.39, 0.29) is 25.2 Å². The first kappa shape index (κ1) is 29.8. The largest absolute Gasteiger partial charge is 0.458 e. The fraction of sp³-hybridized carbons (Fsp3) is 0.913. The maximum Gasteiger partial charge on any atom is 0.332 e. The zero-order chi connectivity index (χ0) is 23.6. The Morgan fingerprint density at radius 2 is 0.806 bits per heavy atom. The SMILES string of the molecule is CC(C)(C)OC(=O)COCCCOCCCCCOCCCOCC(=O)OC(C)(C)C. The van der Waals surface area contributed by atoms with E-state index in [1.807, 2.05) is 41.5 Å². The van der Waals surface area contributed by atoms with Crippen molar-refractivity contribution in [1.29, 1.82) is 0 Å². The minimum Gasteiger partial charge on any atom is -0.458 e. The van der Waals surface area contributed by atoms with Crippen molar-refractivity contribution in [1.82, 2.24) is 0 Å². The second-order valence-corrected chi connectivity index (χ2v) is 9.27. The molecule has 0 aromatic heterocycles. The van der Waals surface area contributed by atoms with E-state index in [4.69, 9.17) is 28.4 Å². The zero-order valence-corrected chi connectivity index (χ0v) is 20.5. The van der Waals surface area contributed by atoms with Gasteiger partial charge in [-0.25, -0.2) is 9.59 Å². The summed E-state index contributed by atoms with van der Waals surface area (Å²) in [7, 11) is 0. The van der Waals surface area contributed by atoms with Gasteiger partial charge in [-0.3, -0.25) is 0 Å². The highest BCUT2D eigenvalue weighted by atomic mass is 16.6. The van der Waals surface area contributed by atoms with Crippen molar-refractivity contribution in [2.75, 3.05) is 52.9 Å². The van der Waals surface area contributed by atoms with Crippen molar-refractivity contribution in [2.45, 2.75) is 84.8 Å². The third-order valence-electron chi connectivity index (χ3n) is 3.51. The number of esters is 2. The van der Waals surface area contributed by atoms with Crippen LogP contribution in [0.2, 0.25) is 0 Å². The van der Waals surface area contributed by atoms with E-state index in [0.29, 0.717) is 39.6 Å². The van der Waals surface area contributed by atoms with E-state index in [0.717, 1.165) is 32.1 Å². The molecular formula is C23H44O8. The molecule has 0 fully saturated rings. The minimum absolute atomic E-state index is 0.0207. The Balaban J connectivity index is 3.24. The second-order valence-electron chi connectivity index (χ2n) is 9.27. The topological polar surface area (TPSA) is 89.5 Å². The summed E-state index contributed by atoms with van der Waals surface area (Å²) >= 11 is 0. The van der Waals surface area contributed by atoms with Gasteiger partial charge in [-0.05, 0) is 73.6 Å². The number of carbonyl (C=O) groups is 2. The Bertz CT molecular complexity index is 423. The third-order valence-corrected chi connectivity index (χ3v) is 3.51. The van der Waals surface area contributed by atoms with Crippen molar-refractivity contribution in [3.63, 3.8) is 0 Å². The van der Waals surface area contributed by atoms with Crippen LogP contribution in [0, 0.1) is 0 Å². The molecule has 184 valence electrons. The third kappa shape index (κ3) is 24.9. The summed E-state index contributed by atoms with van der Waals surface area (Å²) in [4.78, 5) is 22.9. The smallest absolute Gasteiger partial charge is 0.332 e. The average Bonchev–Trinajstić information content (AvgIpc) is 2.61. The Morgan fingerprint density at radius 3 is 1.16 bits per heavy atom. The van der Waals surface area contributed by atoms with Crippen molar-refractivity contribution in [3.8, 4) is 0 Å². The van der Waals surface area contributed by atoms with Crippen LogP contribution in [0.5, 0.6) is 0 Å². The van der Waals surface area contributed by atoms with Crippen molar-refractivity contribution in [3.05, 3.63) is 0 Å². The predicted octanol–water partition coefficient (Wildman–Crippen LogP) is 3.69. The lowest BCUT2D eigenvalue weighted by Gasteiger charge is -2.19. The molecule has 8 nitrogen and oxygen atoms in total. The Morgan fingerprint density at radius 1 is 0.484 bits per heavy atom.